The molecule has 0 radical (unpaired) electrons. The van der Waals surface area contributed by atoms with Gasteiger partial charge in [0.25, 0.3) is 0 Å². The molecule has 104 valence electrons. The SMILES string of the molecule is COc1ccc2c(c1)[nH]c(=S)n2Cc1cccc(C#N)c1. The molecule has 3 aromatic rings. The molecule has 0 amide bonds. The highest BCUT2D eigenvalue weighted by Gasteiger charge is 2.06. The normalized spacial score (nSPS) is 10.5. The maximum Gasteiger partial charge on any atom is 0.178 e. The molecule has 2 aromatic carbocycles. The molecule has 3 rings (SSSR count). The number of nitriles is 1. The fourth-order valence-electron chi connectivity index (χ4n) is 2.35. The van der Waals surface area contributed by atoms with Gasteiger partial charge in [0.15, 0.2) is 4.77 Å². The van der Waals surface area contributed by atoms with Gasteiger partial charge in [-0.3, -0.25) is 0 Å². The molecule has 1 aromatic heterocycles. The summed E-state index contributed by atoms with van der Waals surface area (Å²) in [6, 6.07) is 15.5. The molecule has 0 atom stereocenters. The van der Waals surface area contributed by atoms with Crippen LogP contribution in [0.1, 0.15) is 11.1 Å². The van der Waals surface area contributed by atoms with Crippen molar-refractivity contribution in [1.29, 1.82) is 5.26 Å². The van der Waals surface area contributed by atoms with Crippen LogP contribution in [0, 0.1) is 16.1 Å². The first kappa shape index (κ1) is 13.4. The zero-order valence-corrected chi connectivity index (χ0v) is 12.3. The topological polar surface area (TPSA) is 53.7 Å². The number of ether oxygens (including phenoxy) is 1. The van der Waals surface area contributed by atoms with Gasteiger partial charge in [-0.2, -0.15) is 5.26 Å². The van der Waals surface area contributed by atoms with E-state index in [1.54, 1.807) is 13.2 Å². The highest BCUT2D eigenvalue weighted by atomic mass is 32.1. The quantitative estimate of drug-likeness (QED) is 0.751. The second-order valence-corrected chi connectivity index (χ2v) is 5.10. The van der Waals surface area contributed by atoms with E-state index in [4.69, 9.17) is 22.2 Å². The third-order valence-electron chi connectivity index (χ3n) is 3.38. The zero-order valence-electron chi connectivity index (χ0n) is 11.5. The van der Waals surface area contributed by atoms with Gasteiger partial charge in [0.1, 0.15) is 5.75 Å². The Balaban J connectivity index is 2.06. The van der Waals surface area contributed by atoms with Crippen LogP contribution in [0.2, 0.25) is 0 Å². The van der Waals surface area contributed by atoms with E-state index in [0.29, 0.717) is 16.9 Å². The Kier molecular flexibility index (Phi) is 3.46. The fourth-order valence-corrected chi connectivity index (χ4v) is 2.62. The molecule has 0 unspecified atom stereocenters. The predicted molar refractivity (Wildman–Crippen MR) is 83.9 cm³/mol. The smallest absolute Gasteiger partial charge is 0.178 e. The molecule has 1 heterocycles. The highest BCUT2D eigenvalue weighted by molar-refractivity contribution is 7.71. The van der Waals surface area contributed by atoms with E-state index in [1.165, 1.54) is 0 Å². The summed E-state index contributed by atoms with van der Waals surface area (Å²) >= 11 is 5.39. The predicted octanol–water partition coefficient (Wildman–Crippen LogP) is 3.63. The van der Waals surface area contributed by atoms with Crippen LogP contribution in [0.3, 0.4) is 0 Å². The van der Waals surface area contributed by atoms with Crippen molar-refractivity contribution in [2.45, 2.75) is 6.54 Å². The third kappa shape index (κ3) is 2.54. The lowest BCUT2D eigenvalue weighted by Crippen LogP contribution is -1.99. The molecule has 0 bridgehead atoms. The molecule has 0 aliphatic rings. The van der Waals surface area contributed by atoms with E-state index in [2.05, 4.69) is 11.1 Å². The Morgan fingerprint density at radius 3 is 2.90 bits per heavy atom. The van der Waals surface area contributed by atoms with E-state index in [9.17, 15) is 0 Å². The van der Waals surface area contributed by atoms with Crippen molar-refractivity contribution in [3.05, 3.63) is 58.4 Å². The Bertz CT molecular complexity index is 902. The Morgan fingerprint density at radius 2 is 2.14 bits per heavy atom. The minimum atomic E-state index is 0.626. The van der Waals surface area contributed by atoms with Crippen LogP contribution in [0.5, 0.6) is 5.75 Å². The number of methoxy groups -OCH3 is 1. The number of benzene rings is 2. The third-order valence-corrected chi connectivity index (χ3v) is 3.70. The molecule has 4 nitrogen and oxygen atoms in total. The molecular formula is C16H13N3OS. The molecule has 0 fully saturated rings. The highest BCUT2D eigenvalue weighted by Crippen LogP contribution is 2.21. The largest absolute Gasteiger partial charge is 0.497 e. The van der Waals surface area contributed by atoms with Gasteiger partial charge in [0.05, 0.1) is 36.3 Å². The van der Waals surface area contributed by atoms with Gasteiger partial charge >= 0.3 is 0 Å². The fraction of sp³-hybridized carbons (Fsp3) is 0.125. The van der Waals surface area contributed by atoms with Crippen molar-refractivity contribution in [2.24, 2.45) is 0 Å². The number of hydrogen-bond acceptors (Lipinski definition) is 3. The monoisotopic (exact) mass is 295 g/mol. The van der Waals surface area contributed by atoms with Crippen LogP contribution in [-0.2, 0) is 6.54 Å². The maximum atomic E-state index is 8.97. The first-order valence-corrected chi connectivity index (χ1v) is 6.87. The van der Waals surface area contributed by atoms with Crippen molar-refractivity contribution in [3.63, 3.8) is 0 Å². The standard InChI is InChI=1S/C16H13N3OS/c1-20-13-5-6-15-14(8-13)18-16(21)19(15)10-12-4-2-3-11(7-12)9-17/h2-8H,10H2,1H3,(H,18,21). The first-order chi connectivity index (χ1) is 10.2. The molecule has 21 heavy (non-hydrogen) atoms. The summed E-state index contributed by atoms with van der Waals surface area (Å²) in [4.78, 5) is 3.18. The molecule has 1 N–H and O–H groups in total. The summed E-state index contributed by atoms with van der Waals surface area (Å²) in [5.41, 5.74) is 3.65. The summed E-state index contributed by atoms with van der Waals surface area (Å²) in [6.07, 6.45) is 0. The van der Waals surface area contributed by atoms with Crippen LogP contribution in [0.15, 0.2) is 42.5 Å². The van der Waals surface area contributed by atoms with Crippen molar-refractivity contribution < 1.29 is 4.74 Å². The summed E-state index contributed by atoms with van der Waals surface area (Å²) in [5, 5.41) is 8.97. The summed E-state index contributed by atoms with van der Waals surface area (Å²) in [5.74, 6) is 0.789. The van der Waals surface area contributed by atoms with Gasteiger partial charge in [-0.1, -0.05) is 12.1 Å². The second-order valence-electron chi connectivity index (χ2n) is 4.71. The summed E-state index contributed by atoms with van der Waals surface area (Å²) < 4.78 is 7.89. The molecular weight excluding hydrogens is 282 g/mol. The van der Waals surface area contributed by atoms with Crippen LogP contribution in [-0.4, -0.2) is 16.7 Å². The maximum absolute atomic E-state index is 8.97. The summed E-state index contributed by atoms with van der Waals surface area (Å²) in [6.45, 7) is 0.626. The van der Waals surface area contributed by atoms with E-state index in [1.807, 2.05) is 41.0 Å². The molecule has 0 saturated carbocycles. The molecule has 5 heteroatoms. The van der Waals surface area contributed by atoms with Gasteiger partial charge in [-0.25, -0.2) is 0 Å². The first-order valence-electron chi connectivity index (χ1n) is 6.47. The van der Waals surface area contributed by atoms with Crippen LogP contribution < -0.4 is 4.74 Å². The number of rotatable bonds is 3. The summed E-state index contributed by atoms with van der Waals surface area (Å²) in [7, 11) is 1.64. The Labute approximate surface area is 127 Å². The van der Waals surface area contributed by atoms with Crippen LogP contribution in [0.25, 0.3) is 11.0 Å². The molecule has 0 saturated heterocycles. The molecule has 0 aliphatic carbocycles. The lowest BCUT2D eigenvalue weighted by molar-refractivity contribution is 0.415. The lowest BCUT2D eigenvalue weighted by Gasteiger charge is -2.06. The van der Waals surface area contributed by atoms with Gasteiger partial charge < -0.3 is 14.3 Å². The average Bonchev–Trinajstić information content (AvgIpc) is 2.82. The van der Waals surface area contributed by atoms with Crippen LogP contribution >= 0.6 is 12.2 Å². The number of hydrogen-bond donors (Lipinski definition) is 1. The van der Waals surface area contributed by atoms with Gasteiger partial charge in [0.2, 0.25) is 0 Å². The number of nitrogens with one attached hydrogen (secondary N) is 1. The van der Waals surface area contributed by atoms with E-state index in [0.717, 1.165) is 22.3 Å². The zero-order chi connectivity index (χ0) is 14.8. The Morgan fingerprint density at radius 1 is 1.29 bits per heavy atom. The number of fused-ring (bicyclic) bond motifs is 1. The average molecular weight is 295 g/mol. The molecule has 0 spiro atoms. The van der Waals surface area contributed by atoms with E-state index < -0.39 is 0 Å². The van der Waals surface area contributed by atoms with E-state index >= 15 is 0 Å². The molecule has 0 aliphatic heterocycles. The van der Waals surface area contributed by atoms with Gasteiger partial charge in [-0.15, -0.1) is 0 Å². The van der Waals surface area contributed by atoms with Crippen molar-refractivity contribution in [3.8, 4) is 11.8 Å². The Hall–Kier alpha value is -2.58. The van der Waals surface area contributed by atoms with Crippen molar-refractivity contribution >= 4 is 23.3 Å². The van der Waals surface area contributed by atoms with Crippen molar-refractivity contribution in [1.82, 2.24) is 9.55 Å². The number of H-pyrrole nitrogens is 1. The number of aromatic amines is 1. The number of imidazole rings is 1. The number of aromatic nitrogens is 2. The minimum absolute atomic E-state index is 0.626. The van der Waals surface area contributed by atoms with Crippen LogP contribution in [0.4, 0.5) is 0 Å². The lowest BCUT2D eigenvalue weighted by atomic mass is 10.1. The minimum Gasteiger partial charge on any atom is -0.497 e. The second kappa shape index (κ2) is 5.43. The van der Waals surface area contributed by atoms with Gasteiger partial charge in [-0.05, 0) is 42.0 Å². The van der Waals surface area contributed by atoms with E-state index in [-0.39, 0.29) is 0 Å². The van der Waals surface area contributed by atoms with Crippen molar-refractivity contribution in [2.75, 3.05) is 7.11 Å². The number of nitrogens with zero attached hydrogens (tertiary/aromatic N) is 2. The van der Waals surface area contributed by atoms with Gasteiger partial charge in [0, 0.05) is 6.07 Å².